The number of aromatic nitrogens is 3. The average molecular weight is 398 g/mol. The SMILES string of the molecule is CCCn1ccc2ccc(NS(=O)(=O)c3ccc4c(c3)n(C)c(=O)n4C)cc21. The number of hydrogen-bond donors (Lipinski definition) is 1. The topological polar surface area (TPSA) is 78.0 Å². The average Bonchev–Trinajstić information content (AvgIpc) is 3.16. The van der Waals surface area contributed by atoms with Crippen LogP contribution in [-0.2, 0) is 30.7 Å². The zero-order valence-corrected chi connectivity index (χ0v) is 16.8. The molecule has 0 saturated carbocycles. The summed E-state index contributed by atoms with van der Waals surface area (Å²) in [5.74, 6) is 0. The van der Waals surface area contributed by atoms with Gasteiger partial charge in [0, 0.05) is 26.8 Å². The molecule has 0 spiro atoms. The van der Waals surface area contributed by atoms with Crippen molar-refractivity contribution in [3.8, 4) is 0 Å². The van der Waals surface area contributed by atoms with Crippen LogP contribution in [0.15, 0.2) is 58.4 Å². The van der Waals surface area contributed by atoms with E-state index in [9.17, 15) is 13.2 Å². The zero-order valence-electron chi connectivity index (χ0n) is 16.0. The van der Waals surface area contributed by atoms with Crippen molar-refractivity contribution in [3.05, 3.63) is 59.1 Å². The number of sulfonamides is 1. The highest BCUT2D eigenvalue weighted by Gasteiger charge is 2.18. The molecule has 0 bridgehead atoms. The molecule has 0 fully saturated rings. The number of hydrogen-bond acceptors (Lipinski definition) is 3. The molecule has 0 radical (unpaired) electrons. The van der Waals surface area contributed by atoms with Crippen molar-refractivity contribution in [2.75, 3.05) is 4.72 Å². The van der Waals surface area contributed by atoms with Crippen LogP contribution in [-0.4, -0.2) is 22.1 Å². The smallest absolute Gasteiger partial charge is 0.328 e. The van der Waals surface area contributed by atoms with Gasteiger partial charge in [0.1, 0.15) is 0 Å². The first-order chi connectivity index (χ1) is 13.3. The van der Waals surface area contributed by atoms with Gasteiger partial charge in [-0.25, -0.2) is 13.2 Å². The molecule has 4 rings (SSSR count). The van der Waals surface area contributed by atoms with Crippen molar-refractivity contribution in [1.29, 1.82) is 0 Å². The van der Waals surface area contributed by atoms with E-state index in [2.05, 4.69) is 16.2 Å². The molecular formula is C20H22N4O3S. The van der Waals surface area contributed by atoms with Crippen molar-refractivity contribution < 1.29 is 8.42 Å². The maximum absolute atomic E-state index is 12.9. The second kappa shape index (κ2) is 6.56. The lowest BCUT2D eigenvalue weighted by atomic mass is 10.2. The quantitative estimate of drug-likeness (QED) is 0.561. The van der Waals surface area contributed by atoms with Crippen LogP contribution in [0.25, 0.3) is 21.9 Å². The third kappa shape index (κ3) is 2.90. The summed E-state index contributed by atoms with van der Waals surface area (Å²) in [6, 6.07) is 12.2. The van der Waals surface area contributed by atoms with Gasteiger partial charge in [0.05, 0.1) is 27.1 Å². The Kier molecular flexibility index (Phi) is 4.30. The van der Waals surface area contributed by atoms with Gasteiger partial charge in [0.2, 0.25) is 0 Å². The van der Waals surface area contributed by atoms with E-state index in [1.165, 1.54) is 21.3 Å². The van der Waals surface area contributed by atoms with Crippen LogP contribution in [0.4, 0.5) is 5.69 Å². The molecule has 0 amide bonds. The summed E-state index contributed by atoms with van der Waals surface area (Å²) in [7, 11) is -0.492. The monoisotopic (exact) mass is 398 g/mol. The Balaban J connectivity index is 1.74. The van der Waals surface area contributed by atoms with Crippen molar-refractivity contribution >= 4 is 37.6 Å². The molecule has 146 valence electrons. The number of benzene rings is 2. The molecule has 2 aromatic heterocycles. The molecule has 0 aliphatic rings. The normalized spacial score (nSPS) is 12.1. The molecule has 0 aliphatic heterocycles. The summed E-state index contributed by atoms with van der Waals surface area (Å²) in [6.07, 6.45) is 3.01. The van der Waals surface area contributed by atoms with Crippen molar-refractivity contribution in [1.82, 2.24) is 13.7 Å². The first-order valence-electron chi connectivity index (χ1n) is 9.09. The van der Waals surface area contributed by atoms with Crippen LogP contribution in [0, 0.1) is 0 Å². The Labute approximate surface area is 162 Å². The van der Waals surface area contributed by atoms with E-state index in [0.717, 1.165) is 23.9 Å². The highest BCUT2D eigenvalue weighted by molar-refractivity contribution is 7.92. The number of nitrogens with one attached hydrogen (secondary N) is 1. The Morgan fingerprint density at radius 2 is 1.68 bits per heavy atom. The summed E-state index contributed by atoms with van der Waals surface area (Å²) in [6.45, 7) is 2.98. The second-order valence-corrected chi connectivity index (χ2v) is 8.62. The molecule has 4 aromatic rings. The van der Waals surface area contributed by atoms with Crippen molar-refractivity contribution in [2.45, 2.75) is 24.8 Å². The van der Waals surface area contributed by atoms with Gasteiger partial charge >= 0.3 is 5.69 Å². The second-order valence-electron chi connectivity index (χ2n) is 6.94. The molecule has 0 unspecified atom stereocenters. The maximum Gasteiger partial charge on any atom is 0.328 e. The molecule has 0 saturated heterocycles. The van der Waals surface area contributed by atoms with Gasteiger partial charge in [-0.15, -0.1) is 0 Å². The fourth-order valence-electron chi connectivity index (χ4n) is 3.55. The van der Waals surface area contributed by atoms with Crippen LogP contribution in [0.3, 0.4) is 0 Å². The third-order valence-electron chi connectivity index (χ3n) is 5.04. The fraction of sp³-hybridized carbons (Fsp3) is 0.250. The van der Waals surface area contributed by atoms with Gasteiger partial charge in [0.25, 0.3) is 10.0 Å². The van der Waals surface area contributed by atoms with Crippen LogP contribution >= 0.6 is 0 Å². The lowest BCUT2D eigenvalue weighted by Crippen LogP contribution is -2.19. The number of imidazole rings is 1. The standard InChI is InChI=1S/C20H22N4O3S/c1-4-10-24-11-9-14-5-6-15(12-18(14)24)21-28(26,27)16-7-8-17-19(13-16)23(3)20(25)22(17)2/h5-9,11-13,21H,4,10H2,1-3H3. The molecule has 0 aliphatic carbocycles. The fourth-order valence-corrected chi connectivity index (χ4v) is 4.62. The largest absolute Gasteiger partial charge is 0.347 e. The molecular weight excluding hydrogens is 376 g/mol. The first-order valence-corrected chi connectivity index (χ1v) is 10.6. The molecule has 2 heterocycles. The van der Waals surface area contributed by atoms with Gasteiger partial charge in [0.15, 0.2) is 0 Å². The minimum Gasteiger partial charge on any atom is -0.347 e. The lowest BCUT2D eigenvalue weighted by molar-refractivity contribution is 0.601. The van der Waals surface area contributed by atoms with E-state index in [-0.39, 0.29) is 10.6 Å². The molecule has 7 nitrogen and oxygen atoms in total. The van der Waals surface area contributed by atoms with Crippen molar-refractivity contribution in [2.24, 2.45) is 14.1 Å². The van der Waals surface area contributed by atoms with Crippen molar-refractivity contribution in [3.63, 3.8) is 0 Å². The van der Waals surface area contributed by atoms with Crippen LogP contribution in [0.5, 0.6) is 0 Å². The number of anilines is 1. The summed E-state index contributed by atoms with van der Waals surface area (Å²) >= 11 is 0. The molecule has 1 N–H and O–H groups in total. The lowest BCUT2D eigenvalue weighted by Gasteiger charge is -2.10. The molecule has 28 heavy (non-hydrogen) atoms. The number of rotatable bonds is 5. The predicted octanol–water partition coefficient (Wildman–Crippen LogP) is 3.04. The predicted molar refractivity (Wildman–Crippen MR) is 111 cm³/mol. The van der Waals surface area contributed by atoms with Crippen LogP contribution in [0.2, 0.25) is 0 Å². The molecule has 2 aromatic carbocycles. The Morgan fingerprint density at radius 3 is 2.43 bits per heavy atom. The summed E-state index contributed by atoms with van der Waals surface area (Å²) in [5.41, 5.74) is 2.56. The van der Waals surface area contributed by atoms with Gasteiger partial charge in [-0.2, -0.15) is 0 Å². The van der Waals surface area contributed by atoms with E-state index >= 15 is 0 Å². The van der Waals surface area contributed by atoms with E-state index in [0.29, 0.717) is 16.7 Å². The zero-order chi connectivity index (χ0) is 20.1. The van der Waals surface area contributed by atoms with E-state index in [4.69, 9.17) is 0 Å². The van der Waals surface area contributed by atoms with Crippen LogP contribution < -0.4 is 10.4 Å². The minimum atomic E-state index is -3.79. The number of aryl methyl sites for hydroxylation is 3. The minimum absolute atomic E-state index is 0.116. The summed E-state index contributed by atoms with van der Waals surface area (Å²) < 4.78 is 33.5. The van der Waals surface area contributed by atoms with Crippen LogP contribution in [0.1, 0.15) is 13.3 Å². The number of nitrogens with zero attached hydrogens (tertiary/aromatic N) is 3. The highest BCUT2D eigenvalue weighted by atomic mass is 32.2. The van der Waals surface area contributed by atoms with E-state index < -0.39 is 10.0 Å². The Morgan fingerprint density at radius 1 is 0.929 bits per heavy atom. The van der Waals surface area contributed by atoms with E-state index in [1.807, 2.05) is 24.4 Å². The Bertz CT molecular complexity index is 1360. The highest BCUT2D eigenvalue weighted by Crippen LogP contribution is 2.24. The number of fused-ring (bicyclic) bond motifs is 2. The Hall–Kier alpha value is -3.00. The third-order valence-corrected chi connectivity index (χ3v) is 6.42. The molecule has 0 atom stereocenters. The first kappa shape index (κ1) is 18.4. The summed E-state index contributed by atoms with van der Waals surface area (Å²) in [4.78, 5) is 12.2. The molecule has 8 heteroatoms. The maximum atomic E-state index is 12.9. The van der Waals surface area contributed by atoms with Gasteiger partial charge in [-0.3, -0.25) is 13.9 Å². The van der Waals surface area contributed by atoms with E-state index in [1.54, 1.807) is 26.2 Å². The van der Waals surface area contributed by atoms with Gasteiger partial charge < -0.3 is 4.57 Å². The summed E-state index contributed by atoms with van der Waals surface area (Å²) in [5, 5.41) is 1.07. The van der Waals surface area contributed by atoms with Gasteiger partial charge in [-0.1, -0.05) is 13.0 Å². The van der Waals surface area contributed by atoms with Gasteiger partial charge in [-0.05, 0) is 48.2 Å².